The monoisotopic (exact) mass is 639 g/mol. The Kier molecular flexibility index (Phi) is 11.9. The number of aliphatic hydroxyl groups is 1. The minimum atomic E-state index is -1.31. The molecular weight excluding hydrogens is 602 g/mol. The lowest BCUT2D eigenvalue weighted by Gasteiger charge is -2.34. The zero-order chi connectivity index (χ0) is 30.7. The zero-order valence-electron chi connectivity index (χ0n) is 24.0. The van der Waals surface area contributed by atoms with Gasteiger partial charge in [-0.2, -0.15) is 0 Å². The van der Waals surface area contributed by atoms with Crippen molar-refractivity contribution in [1.29, 1.82) is 0 Å². The van der Waals surface area contributed by atoms with Gasteiger partial charge in [0.25, 0.3) is 0 Å². The molecule has 3 amide bonds. The van der Waals surface area contributed by atoms with E-state index in [1.54, 1.807) is 32.9 Å². The number of alkyl carbamates (subject to hydrolysis) is 1. The molecular formula is C32H38BrN3O6. The maximum atomic E-state index is 13.5. The van der Waals surface area contributed by atoms with Crippen LogP contribution in [-0.2, 0) is 33.7 Å². The van der Waals surface area contributed by atoms with Gasteiger partial charge < -0.3 is 25.6 Å². The SMILES string of the molecule is CC(C)(C)OC(=O)N[C@@H](Cc1ccccc1)[C@@H](O)CN(C(=O)OCc1ccccc1)[C@@H](Cc1ccc(Br)cc1)C(N)=O. The number of amides is 3. The van der Waals surface area contributed by atoms with Crippen molar-refractivity contribution in [2.45, 2.75) is 64.0 Å². The van der Waals surface area contributed by atoms with Crippen molar-refractivity contribution in [2.75, 3.05) is 6.54 Å². The Labute approximate surface area is 255 Å². The van der Waals surface area contributed by atoms with E-state index in [2.05, 4.69) is 21.2 Å². The molecule has 0 saturated carbocycles. The van der Waals surface area contributed by atoms with Gasteiger partial charge in [0.15, 0.2) is 0 Å². The van der Waals surface area contributed by atoms with E-state index in [1.807, 2.05) is 72.8 Å². The number of primary amides is 1. The van der Waals surface area contributed by atoms with E-state index in [1.165, 1.54) is 0 Å². The molecule has 10 heteroatoms. The van der Waals surface area contributed by atoms with E-state index in [9.17, 15) is 19.5 Å². The molecule has 0 heterocycles. The predicted molar refractivity (Wildman–Crippen MR) is 163 cm³/mol. The first-order valence-electron chi connectivity index (χ1n) is 13.6. The van der Waals surface area contributed by atoms with Crippen LogP contribution in [0.1, 0.15) is 37.5 Å². The van der Waals surface area contributed by atoms with Crippen molar-refractivity contribution in [3.8, 4) is 0 Å². The Morgan fingerprint density at radius 2 is 1.43 bits per heavy atom. The topological polar surface area (TPSA) is 131 Å². The number of aliphatic hydroxyl groups excluding tert-OH is 1. The van der Waals surface area contributed by atoms with Gasteiger partial charge in [0.2, 0.25) is 5.91 Å². The Bertz CT molecular complexity index is 1300. The van der Waals surface area contributed by atoms with E-state index < -0.39 is 41.9 Å². The maximum absolute atomic E-state index is 13.5. The third-order valence-electron chi connectivity index (χ3n) is 6.34. The number of halogens is 1. The number of hydrogen-bond acceptors (Lipinski definition) is 6. The summed E-state index contributed by atoms with van der Waals surface area (Å²) in [7, 11) is 0. The fraction of sp³-hybridized carbons (Fsp3) is 0.344. The van der Waals surface area contributed by atoms with Crippen LogP contribution < -0.4 is 11.1 Å². The first-order valence-corrected chi connectivity index (χ1v) is 14.4. The number of nitrogens with zero attached hydrogens (tertiary/aromatic N) is 1. The summed E-state index contributed by atoms with van der Waals surface area (Å²) in [5.41, 5.74) is 7.41. The summed E-state index contributed by atoms with van der Waals surface area (Å²) < 4.78 is 11.9. The van der Waals surface area contributed by atoms with Crippen molar-refractivity contribution in [3.05, 3.63) is 106 Å². The van der Waals surface area contributed by atoms with Crippen LogP contribution in [-0.4, -0.2) is 58.4 Å². The van der Waals surface area contributed by atoms with Crippen molar-refractivity contribution in [1.82, 2.24) is 10.2 Å². The molecule has 0 spiro atoms. The average Bonchev–Trinajstić information content (AvgIpc) is 2.94. The normalized spacial score (nSPS) is 13.4. The van der Waals surface area contributed by atoms with Gasteiger partial charge in [-0.25, -0.2) is 9.59 Å². The molecule has 0 unspecified atom stereocenters. The standard InChI is InChI=1S/C32H38BrN3O6/c1-32(2,3)42-30(39)35-26(18-22-10-6-4-7-11-22)28(37)20-36(31(40)41-21-24-12-8-5-9-13-24)27(29(34)38)19-23-14-16-25(33)17-15-23/h4-17,26-28,37H,18-21H2,1-3H3,(H2,34,38)(H,35,39)/t26-,27-,28-/m0/s1. The number of rotatable bonds is 12. The highest BCUT2D eigenvalue weighted by Crippen LogP contribution is 2.18. The van der Waals surface area contributed by atoms with E-state index in [4.69, 9.17) is 15.2 Å². The lowest BCUT2D eigenvalue weighted by molar-refractivity contribution is -0.123. The smallest absolute Gasteiger partial charge is 0.410 e. The van der Waals surface area contributed by atoms with Crippen LogP contribution >= 0.6 is 15.9 Å². The largest absolute Gasteiger partial charge is 0.445 e. The summed E-state index contributed by atoms with van der Waals surface area (Å²) in [4.78, 5) is 40.1. The minimum absolute atomic E-state index is 0.0420. The van der Waals surface area contributed by atoms with Gasteiger partial charge in [-0.1, -0.05) is 88.7 Å². The lowest BCUT2D eigenvalue weighted by atomic mass is 9.99. The number of ether oxygens (including phenoxy) is 2. The number of nitrogens with one attached hydrogen (secondary N) is 1. The van der Waals surface area contributed by atoms with Crippen LogP contribution in [0.25, 0.3) is 0 Å². The highest BCUT2D eigenvalue weighted by molar-refractivity contribution is 9.10. The molecule has 42 heavy (non-hydrogen) atoms. The van der Waals surface area contributed by atoms with Crippen LogP contribution in [0.15, 0.2) is 89.4 Å². The second-order valence-corrected chi connectivity index (χ2v) is 11.9. The summed E-state index contributed by atoms with van der Waals surface area (Å²) in [5.74, 6) is -0.763. The van der Waals surface area contributed by atoms with Crippen molar-refractivity contribution >= 4 is 34.0 Å². The fourth-order valence-corrected chi connectivity index (χ4v) is 4.54. The van der Waals surface area contributed by atoms with Gasteiger partial charge in [0.1, 0.15) is 18.2 Å². The van der Waals surface area contributed by atoms with Crippen LogP contribution in [0.4, 0.5) is 9.59 Å². The Hall–Kier alpha value is -3.89. The number of hydrogen-bond donors (Lipinski definition) is 3. The Morgan fingerprint density at radius 1 is 0.881 bits per heavy atom. The quantitative estimate of drug-likeness (QED) is 0.256. The summed E-state index contributed by atoms with van der Waals surface area (Å²) in [6, 6.07) is 23.6. The average molecular weight is 641 g/mol. The number of nitrogens with two attached hydrogens (primary N) is 1. The van der Waals surface area contributed by atoms with Crippen molar-refractivity contribution < 1.29 is 29.0 Å². The predicted octanol–water partition coefficient (Wildman–Crippen LogP) is 4.98. The van der Waals surface area contributed by atoms with E-state index in [0.717, 1.165) is 26.1 Å². The molecule has 9 nitrogen and oxygen atoms in total. The van der Waals surface area contributed by atoms with Gasteiger partial charge in [-0.05, 0) is 56.0 Å². The van der Waals surface area contributed by atoms with E-state index in [-0.39, 0.29) is 26.0 Å². The number of benzene rings is 3. The molecule has 0 aromatic heterocycles. The number of carbonyl (C=O) groups is 3. The molecule has 0 fully saturated rings. The third-order valence-corrected chi connectivity index (χ3v) is 6.86. The van der Waals surface area contributed by atoms with Gasteiger partial charge >= 0.3 is 12.2 Å². The molecule has 3 aromatic carbocycles. The van der Waals surface area contributed by atoms with Crippen LogP contribution in [0.3, 0.4) is 0 Å². The zero-order valence-corrected chi connectivity index (χ0v) is 25.6. The molecule has 0 radical (unpaired) electrons. The molecule has 3 rings (SSSR count). The molecule has 0 aliphatic rings. The van der Waals surface area contributed by atoms with Crippen LogP contribution in [0.2, 0.25) is 0 Å². The van der Waals surface area contributed by atoms with Gasteiger partial charge in [-0.3, -0.25) is 9.69 Å². The summed E-state index contributed by atoms with van der Waals surface area (Å²) in [5, 5.41) is 14.2. The Balaban J connectivity index is 1.89. The maximum Gasteiger partial charge on any atom is 0.410 e. The van der Waals surface area contributed by atoms with Crippen molar-refractivity contribution in [2.24, 2.45) is 5.73 Å². The molecule has 0 aliphatic carbocycles. The summed E-state index contributed by atoms with van der Waals surface area (Å²) in [6.07, 6.45) is -2.52. The number of carbonyl (C=O) groups excluding carboxylic acids is 3. The van der Waals surface area contributed by atoms with Crippen molar-refractivity contribution in [3.63, 3.8) is 0 Å². The minimum Gasteiger partial charge on any atom is -0.445 e. The molecule has 0 saturated heterocycles. The fourth-order valence-electron chi connectivity index (χ4n) is 4.28. The van der Waals surface area contributed by atoms with Crippen LogP contribution in [0, 0.1) is 0 Å². The summed E-state index contributed by atoms with van der Waals surface area (Å²) >= 11 is 3.39. The Morgan fingerprint density at radius 3 is 1.98 bits per heavy atom. The van der Waals surface area contributed by atoms with Gasteiger partial charge in [0, 0.05) is 10.9 Å². The highest BCUT2D eigenvalue weighted by Gasteiger charge is 2.35. The molecule has 224 valence electrons. The molecule has 4 N–H and O–H groups in total. The van der Waals surface area contributed by atoms with Gasteiger partial charge in [-0.15, -0.1) is 0 Å². The van der Waals surface area contributed by atoms with Gasteiger partial charge in [0.05, 0.1) is 18.7 Å². The van der Waals surface area contributed by atoms with E-state index in [0.29, 0.717) is 0 Å². The van der Waals surface area contributed by atoms with E-state index >= 15 is 0 Å². The molecule has 0 bridgehead atoms. The summed E-state index contributed by atoms with van der Waals surface area (Å²) in [6.45, 7) is 4.82. The third kappa shape index (κ3) is 10.8. The second-order valence-electron chi connectivity index (χ2n) is 11.0. The molecule has 0 aliphatic heterocycles. The van der Waals surface area contributed by atoms with Crippen LogP contribution in [0.5, 0.6) is 0 Å². The first kappa shape index (κ1) is 32.6. The molecule has 3 atom stereocenters. The lowest BCUT2D eigenvalue weighted by Crippen LogP contribution is -2.56. The first-order chi connectivity index (χ1) is 19.9. The second kappa shape index (κ2) is 15.4. The highest BCUT2D eigenvalue weighted by atomic mass is 79.9. The molecule has 3 aromatic rings.